The average Bonchev–Trinajstić information content (AvgIpc) is 2.50. The molecule has 1 aromatic carbocycles. The Balaban J connectivity index is 2.07. The van der Waals surface area contributed by atoms with Crippen molar-refractivity contribution in [3.05, 3.63) is 40.7 Å². The van der Waals surface area contributed by atoms with Crippen LogP contribution in [0.2, 0.25) is 0 Å². The number of hydrogen-bond donors (Lipinski definition) is 2. The first-order valence-electron chi connectivity index (χ1n) is 6.67. The van der Waals surface area contributed by atoms with Crippen molar-refractivity contribution in [2.75, 3.05) is 31.7 Å². The molecule has 0 aliphatic rings. The van der Waals surface area contributed by atoms with Crippen molar-refractivity contribution in [1.29, 1.82) is 0 Å². The molecule has 0 aliphatic carbocycles. The number of aromatic nitrogens is 1. The van der Waals surface area contributed by atoms with Crippen LogP contribution in [0, 0.1) is 10.1 Å². The lowest BCUT2D eigenvalue weighted by Crippen LogP contribution is -2.08. The van der Waals surface area contributed by atoms with Crippen LogP contribution >= 0.6 is 0 Å². The maximum atomic E-state index is 11.0. The summed E-state index contributed by atoms with van der Waals surface area (Å²) in [7, 11) is 0. The molecule has 0 bridgehead atoms. The molecule has 0 saturated heterocycles. The van der Waals surface area contributed by atoms with E-state index in [1.54, 1.807) is 24.5 Å². The number of aliphatic hydroxyl groups excluding tert-OH is 1. The molecule has 7 heteroatoms. The number of ether oxygens (including phenoxy) is 1. The molecule has 0 saturated carbocycles. The molecule has 1 heterocycles. The standard InChI is InChI=1S/C14H17N3O4/c18-7-9-21-8-1-5-16-13-2-3-14(17(19)20)11-4-6-15-10-12(11)13/h2-4,6,10,16,18H,1,5,7-9H2. The van der Waals surface area contributed by atoms with Gasteiger partial charge in [0, 0.05) is 42.7 Å². The molecule has 21 heavy (non-hydrogen) atoms. The summed E-state index contributed by atoms with van der Waals surface area (Å²) in [5, 5.41) is 24.1. The van der Waals surface area contributed by atoms with Gasteiger partial charge >= 0.3 is 0 Å². The van der Waals surface area contributed by atoms with Gasteiger partial charge in [0.15, 0.2) is 0 Å². The smallest absolute Gasteiger partial charge is 0.277 e. The number of fused-ring (bicyclic) bond motifs is 1. The van der Waals surface area contributed by atoms with E-state index in [4.69, 9.17) is 9.84 Å². The Morgan fingerprint density at radius 1 is 1.29 bits per heavy atom. The molecule has 2 aromatic rings. The van der Waals surface area contributed by atoms with Gasteiger partial charge in [-0.1, -0.05) is 0 Å². The van der Waals surface area contributed by atoms with E-state index in [1.165, 1.54) is 6.07 Å². The second-order valence-corrected chi connectivity index (χ2v) is 4.43. The predicted octanol–water partition coefficient (Wildman–Crippen LogP) is 1.95. The van der Waals surface area contributed by atoms with E-state index in [2.05, 4.69) is 10.3 Å². The van der Waals surface area contributed by atoms with Crippen molar-refractivity contribution >= 4 is 22.1 Å². The van der Waals surface area contributed by atoms with E-state index in [0.717, 1.165) is 17.5 Å². The molecule has 1 aromatic heterocycles. The first-order valence-corrected chi connectivity index (χ1v) is 6.67. The fourth-order valence-corrected chi connectivity index (χ4v) is 2.05. The zero-order valence-corrected chi connectivity index (χ0v) is 11.5. The van der Waals surface area contributed by atoms with E-state index in [9.17, 15) is 10.1 Å². The number of rotatable bonds is 8. The monoisotopic (exact) mass is 291 g/mol. The zero-order valence-electron chi connectivity index (χ0n) is 11.5. The summed E-state index contributed by atoms with van der Waals surface area (Å²) in [6.07, 6.45) is 3.94. The lowest BCUT2D eigenvalue weighted by Gasteiger charge is -2.10. The number of nitro benzene ring substituents is 1. The number of hydrogen-bond acceptors (Lipinski definition) is 6. The minimum Gasteiger partial charge on any atom is -0.394 e. The summed E-state index contributed by atoms with van der Waals surface area (Å²) >= 11 is 0. The first kappa shape index (κ1) is 15.1. The number of pyridine rings is 1. The van der Waals surface area contributed by atoms with Crippen LogP contribution in [0.4, 0.5) is 11.4 Å². The number of benzene rings is 1. The topological polar surface area (TPSA) is 97.5 Å². The second kappa shape index (κ2) is 7.51. The summed E-state index contributed by atoms with van der Waals surface area (Å²) < 4.78 is 5.17. The summed E-state index contributed by atoms with van der Waals surface area (Å²) in [6, 6.07) is 4.83. The Kier molecular flexibility index (Phi) is 5.42. The first-order chi connectivity index (χ1) is 10.2. The quantitative estimate of drug-likeness (QED) is 0.438. The SMILES string of the molecule is O=[N+]([O-])c1ccc(NCCCOCCO)c2cnccc12. The number of non-ortho nitro benzene ring substituents is 1. The molecule has 0 radical (unpaired) electrons. The minimum atomic E-state index is -0.394. The van der Waals surface area contributed by atoms with Crippen molar-refractivity contribution in [2.24, 2.45) is 0 Å². The molecule has 112 valence electrons. The summed E-state index contributed by atoms with van der Waals surface area (Å²) in [5.41, 5.74) is 0.884. The zero-order chi connectivity index (χ0) is 15.1. The minimum absolute atomic E-state index is 0.0199. The summed E-state index contributed by atoms with van der Waals surface area (Å²) in [4.78, 5) is 14.6. The Labute approximate surface area is 121 Å². The number of nitro groups is 1. The van der Waals surface area contributed by atoms with Crippen LogP contribution < -0.4 is 5.32 Å². The Morgan fingerprint density at radius 2 is 2.14 bits per heavy atom. The van der Waals surface area contributed by atoms with E-state index in [0.29, 0.717) is 25.1 Å². The van der Waals surface area contributed by atoms with Gasteiger partial charge in [0.25, 0.3) is 5.69 Å². The van der Waals surface area contributed by atoms with Crippen LogP contribution in [0.5, 0.6) is 0 Å². The van der Waals surface area contributed by atoms with Crippen molar-refractivity contribution in [3.63, 3.8) is 0 Å². The lowest BCUT2D eigenvalue weighted by atomic mass is 10.1. The van der Waals surface area contributed by atoms with Crippen LogP contribution in [0.25, 0.3) is 10.8 Å². The lowest BCUT2D eigenvalue weighted by molar-refractivity contribution is -0.383. The molecule has 0 spiro atoms. The molecule has 0 unspecified atom stereocenters. The highest BCUT2D eigenvalue weighted by Gasteiger charge is 2.13. The molecule has 0 amide bonds. The van der Waals surface area contributed by atoms with Crippen LogP contribution in [0.1, 0.15) is 6.42 Å². The molecule has 0 atom stereocenters. The fraction of sp³-hybridized carbons (Fsp3) is 0.357. The van der Waals surface area contributed by atoms with Crippen molar-refractivity contribution in [1.82, 2.24) is 4.98 Å². The second-order valence-electron chi connectivity index (χ2n) is 4.43. The predicted molar refractivity (Wildman–Crippen MR) is 79.4 cm³/mol. The highest BCUT2D eigenvalue weighted by molar-refractivity contribution is 5.99. The third-order valence-electron chi connectivity index (χ3n) is 3.01. The van der Waals surface area contributed by atoms with Crippen LogP contribution in [-0.2, 0) is 4.74 Å². The van der Waals surface area contributed by atoms with Crippen molar-refractivity contribution in [2.45, 2.75) is 6.42 Å². The number of nitrogens with zero attached hydrogens (tertiary/aromatic N) is 2. The largest absolute Gasteiger partial charge is 0.394 e. The highest BCUT2D eigenvalue weighted by atomic mass is 16.6. The average molecular weight is 291 g/mol. The van der Waals surface area contributed by atoms with Gasteiger partial charge < -0.3 is 15.2 Å². The maximum absolute atomic E-state index is 11.0. The van der Waals surface area contributed by atoms with Crippen molar-refractivity contribution < 1.29 is 14.8 Å². The van der Waals surface area contributed by atoms with Gasteiger partial charge in [-0.3, -0.25) is 15.1 Å². The van der Waals surface area contributed by atoms with Crippen LogP contribution in [-0.4, -0.2) is 41.4 Å². The Morgan fingerprint density at radius 3 is 2.90 bits per heavy atom. The molecule has 7 nitrogen and oxygen atoms in total. The number of nitrogens with one attached hydrogen (secondary N) is 1. The van der Waals surface area contributed by atoms with Gasteiger partial charge in [0.2, 0.25) is 0 Å². The molecule has 0 aliphatic heterocycles. The maximum Gasteiger partial charge on any atom is 0.277 e. The third-order valence-corrected chi connectivity index (χ3v) is 3.01. The number of anilines is 1. The van der Waals surface area contributed by atoms with Gasteiger partial charge in [-0.25, -0.2) is 0 Å². The van der Waals surface area contributed by atoms with E-state index < -0.39 is 4.92 Å². The number of aliphatic hydroxyl groups is 1. The molecule has 2 N–H and O–H groups in total. The van der Waals surface area contributed by atoms with Gasteiger partial charge in [-0.15, -0.1) is 0 Å². The van der Waals surface area contributed by atoms with Gasteiger partial charge in [0.1, 0.15) is 0 Å². The van der Waals surface area contributed by atoms with E-state index >= 15 is 0 Å². The summed E-state index contributed by atoms with van der Waals surface area (Å²) in [5.74, 6) is 0. The fourth-order valence-electron chi connectivity index (χ4n) is 2.05. The van der Waals surface area contributed by atoms with Gasteiger partial charge in [0.05, 0.1) is 23.5 Å². The normalized spacial score (nSPS) is 10.7. The molecular weight excluding hydrogens is 274 g/mol. The van der Waals surface area contributed by atoms with Gasteiger partial charge in [-0.05, 0) is 18.6 Å². The summed E-state index contributed by atoms with van der Waals surface area (Å²) in [6.45, 7) is 1.58. The van der Waals surface area contributed by atoms with Crippen LogP contribution in [0.3, 0.4) is 0 Å². The molecule has 0 fully saturated rings. The van der Waals surface area contributed by atoms with Crippen molar-refractivity contribution in [3.8, 4) is 0 Å². The molecule has 2 rings (SSSR count). The highest BCUT2D eigenvalue weighted by Crippen LogP contribution is 2.30. The Hall–Kier alpha value is -2.25. The van der Waals surface area contributed by atoms with Gasteiger partial charge in [-0.2, -0.15) is 0 Å². The van der Waals surface area contributed by atoms with Crippen LogP contribution in [0.15, 0.2) is 30.6 Å². The van der Waals surface area contributed by atoms with E-state index in [-0.39, 0.29) is 12.3 Å². The molecular formula is C14H17N3O4. The third kappa shape index (κ3) is 3.87. The Bertz CT molecular complexity index is 618. The van der Waals surface area contributed by atoms with E-state index in [1.807, 2.05) is 0 Å².